The molecule has 26 heavy (non-hydrogen) atoms. The van der Waals surface area contributed by atoms with Gasteiger partial charge in [-0.05, 0) is 46.2 Å². The number of hydrogen-bond acceptors (Lipinski definition) is 4. The van der Waals surface area contributed by atoms with E-state index in [1.54, 1.807) is 0 Å². The summed E-state index contributed by atoms with van der Waals surface area (Å²) in [6.07, 6.45) is 0.700. The summed E-state index contributed by atoms with van der Waals surface area (Å²) in [4.78, 5) is 16.5. The maximum atomic E-state index is 12.1. The number of nitrogens with one attached hydrogen (secondary N) is 1. The SMILES string of the molecule is CC(C)c1ccc(-c2noc(CCC(=O)Nc3ccccc3I)n2)cc1. The summed E-state index contributed by atoms with van der Waals surface area (Å²) in [5.74, 6) is 1.42. The van der Waals surface area contributed by atoms with E-state index in [2.05, 4.69) is 64.0 Å². The van der Waals surface area contributed by atoms with Crippen LogP contribution in [0, 0.1) is 3.57 Å². The largest absolute Gasteiger partial charge is 0.339 e. The Balaban J connectivity index is 1.58. The van der Waals surface area contributed by atoms with Gasteiger partial charge in [-0.15, -0.1) is 0 Å². The molecule has 0 aliphatic heterocycles. The predicted octanol–water partition coefficient (Wildman–Crippen LogP) is 5.04. The lowest BCUT2D eigenvalue weighted by Gasteiger charge is -2.05. The quantitative estimate of drug-likeness (QED) is 0.523. The van der Waals surface area contributed by atoms with Gasteiger partial charge in [-0.1, -0.05) is 55.4 Å². The van der Waals surface area contributed by atoms with Gasteiger partial charge in [0.25, 0.3) is 0 Å². The maximum Gasteiger partial charge on any atom is 0.227 e. The molecule has 5 nitrogen and oxygen atoms in total. The molecule has 0 saturated heterocycles. The Kier molecular flexibility index (Phi) is 6.03. The third-order valence-corrected chi connectivity index (χ3v) is 4.96. The van der Waals surface area contributed by atoms with Gasteiger partial charge >= 0.3 is 0 Å². The maximum absolute atomic E-state index is 12.1. The lowest BCUT2D eigenvalue weighted by Crippen LogP contribution is -2.13. The number of nitrogens with zero attached hydrogens (tertiary/aromatic N) is 2. The van der Waals surface area contributed by atoms with Gasteiger partial charge in [0, 0.05) is 22.0 Å². The van der Waals surface area contributed by atoms with Crippen LogP contribution in [0.2, 0.25) is 0 Å². The van der Waals surface area contributed by atoms with Crippen LogP contribution >= 0.6 is 22.6 Å². The second-order valence-corrected chi connectivity index (χ2v) is 7.48. The first-order chi connectivity index (χ1) is 12.5. The fourth-order valence-electron chi connectivity index (χ4n) is 2.49. The average Bonchev–Trinajstić information content (AvgIpc) is 3.11. The third kappa shape index (κ3) is 4.69. The Labute approximate surface area is 166 Å². The minimum absolute atomic E-state index is 0.0739. The summed E-state index contributed by atoms with van der Waals surface area (Å²) in [6, 6.07) is 15.8. The highest BCUT2D eigenvalue weighted by Gasteiger charge is 2.12. The molecule has 2 aromatic carbocycles. The molecule has 0 fully saturated rings. The molecule has 6 heteroatoms. The van der Waals surface area contributed by atoms with Crippen LogP contribution < -0.4 is 5.32 Å². The normalized spacial score (nSPS) is 10.9. The molecule has 0 radical (unpaired) electrons. The molecule has 3 aromatic rings. The molecular weight excluding hydrogens is 441 g/mol. The molecule has 134 valence electrons. The highest BCUT2D eigenvalue weighted by molar-refractivity contribution is 14.1. The van der Waals surface area contributed by atoms with Gasteiger partial charge in [0.05, 0.1) is 5.69 Å². The zero-order chi connectivity index (χ0) is 18.5. The Morgan fingerprint density at radius 1 is 1.15 bits per heavy atom. The van der Waals surface area contributed by atoms with Crippen molar-refractivity contribution < 1.29 is 9.32 Å². The zero-order valence-corrected chi connectivity index (χ0v) is 16.9. The Hall–Kier alpha value is -2.22. The molecule has 0 atom stereocenters. The van der Waals surface area contributed by atoms with Crippen LogP contribution in [-0.2, 0) is 11.2 Å². The zero-order valence-electron chi connectivity index (χ0n) is 14.7. The van der Waals surface area contributed by atoms with E-state index >= 15 is 0 Å². The number of halogens is 1. The van der Waals surface area contributed by atoms with Crippen molar-refractivity contribution >= 4 is 34.2 Å². The molecule has 0 aliphatic rings. The molecule has 0 aliphatic carbocycles. The Morgan fingerprint density at radius 3 is 2.58 bits per heavy atom. The van der Waals surface area contributed by atoms with E-state index < -0.39 is 0 Å². The van der Waals surface area contributed by atoms with Crippen LogP contribution in [0.15, 0.2) is 53.1 Å². The van der Waals surface area contributed by atoms with Crippen molar-refractivity contribution in [2.24, 2.45) is 0 Å². The minimum Gasteiger partial charge on any atom is -0.339 e. The number of hydrogen-bond donors (Lipinski definition) is 1. The number of aryl methyl sites for hydroxylation is 1. The molecule has 1 heterocycles. The smallest absolute Gasteiger partial charge is 0.227 e. The van der Waals surface area contributed by atoms with E-state index in [1.807, 2.05) is 36.4 Å². The van der Waals surface area contributed by atoms with Gasteiger partial charge in [0.15, 0.2) is 0 Å². The van der Waals surface area contributed by atoms with Crippen LogP contribution in [0.25, 0.3) is 11.4 Å². The first-order valence-electron chi connectivity index (χ1n) is 8.50. The van der Waals surface area contributed by atoms with Crippen molar-refractivity contribution in [2.75, 3.05) is 5.32 Å². The number of anilines is 1. The van der Waals surface area contributed by atoms with Crippen molar-refractivity contribution in [3.05, 3.63) is 63.6 Å². The summed E-state index contributed by atoms with van der Waals surface area (Å²) in [6.45, 7) is 4.31. The van der Waals surface area contributed by atoms with E-state index in [-0.39, 0.29) is 5.91 Å². The second kappa shape index (κ2) is 8.44. The summed E-state index contributed by atoms with van der Waals surface area (Å²) in [7, 11) is 0. The van der Waals surface area contributed by atoms with Gasteiger partial charge in [-0.3, -0.25) is 4.79 Å². The van der Waals surface area contributed by atoms with Crippen molar-refractivity contribution in [2.45, 2.75) is 32.6 Å². The van der Waals surface area contributed by atoms with E-state index in [4.69, 9.17) is 4.52 Å². The molecular formula is C20H20IN3O2. The van der Waals surface area contributed by atoms with Crippen molar-refractivity contribution in [1.82, 2.24) is 10.1 Å². The molecule has 0 saturated carbocycles. The topological polar surface area (TPSA) is 68.0 Å². The van der Waals surface area contributed by atoms with Crippen molar-refractivity contribution in [3.8, 4) is 11.4 Å². The van der Waals surface area contributed by atoms with Gasteiger partial charge in [0.2, 0.25) is 17.6 Å². The number of aromatic nitrogens is 2. The van der Waals surface area contributed by atoms with E-state index in [1.165, 1.54) is 5.56 Å². The average molecular weight is 461 g/mol. The molecule has 3 rings (SSSR count). The Morgan fingerprint density at radius 2 is 1.88 bits per heavy atom. The van der Waals surface area contributed by atoms with Gasteiger partial charge in [-0.25, -0.2) is 0 Å². The first kappa shape index (κ1) is 18.6. The van der Waals surface area contributed by atoms with E-state index in [9.17, 15) is 4.79 Å². The van der Waals surface area contributed by atoms with Crippen molar-refractivity contribution in [3.63, 3.8) is 0 Å². The monoisotopic (exact) mass is 461 g/mol. The summed E-state index contributed by atoms with van der Waals surface area (Å²) in [5, 5.41) is 6.92. The Bertz CT molecular complexity index is 888. The molecule has 1 aromatic heterocycles. The second-order valence-electron chi connectivity index (χ2n) is 6.32. The van der Waals surface area contributed by atoms with Crippen molar-refractivity contribution in [1.29, 1.82) is 0 Å². The van der Waals surface area contributed by atoms with Gasteiger partial charge < -0.3 is 9.84 Å². The number of amides is 1. The van der Waals surface area contributed by atoms with Crippen LogP contribution in [0.4, 0.5) is 5.69 Å². The van der Waals surface area contributed by atoms with Gasteiger partial charge in [-0.2, -0.15) is 4.98 Å². The molecule has 1 amide bonds. The number of carbonyl (C=O) groups excluding carboxylic acids is 1. The highest BCUT2D eigenvalue weighted by atomic mass is 127. The van der Waals surface area contributed by atoms with Gasteiger partial charge in [0.1, 0.15) is 0 Å². The summed E-state index contributed by atoms with van der Waals surface area (Å²) in [5.41, 5.74) is 2.99. The minimum atomic E-state index is -0.0739. The highest BCUT2D eigenvalue weighted by Crippen LogP contribution is 2.21. The molecule has 0 unspecified atom stereocenters. The number of benzene rings is 2. The van der Waals surface area contributed by atoms with Crippen LogP contribution in [-0.4, -0.2) is 16.0 Å². The predicted molar refractivity (Wildman–Crippen MR) is 110 cm³/mol. The third-order valence-electron chi connectivity index (χ3n) is 4.02. The standard InChI is InChI=1S/C20H20IN3O2/c1-13(2)14-7-9-15(10-8-14)20-23-19(26-24-20)12-11-18(25)22-17-6-4-3-5-16(17)21/h3-10,13H,11-12H2,1-2H3,(H,22,25). The van der Waals surface area contributed by atoms with Crippen LogP contribution in [0.3, 0.4) is 0 Å². The first-order valence-corrected chi connectivity index (χ1v) is 9.58. The lowest BCUT2D eigenvalue weighted by molar-refractivity contribution is -0.116. The molecule has 1 N–H and O–H groups in total. The van der Waals surface area contributed by atoms with E-state index in [0.29, 0.717) is 30.5 Å². The lowest BCUT2D eigenvalue weighted by atomic mass is 10.0. The summed E-state index contributed by atoms with van der Waals surface area (Å²) >= 11 is 2.19. The molecule has 0 spiro atoms. The number of rotatable bonds is 6. The number of para-hydroxylation sites is 1. The number of carbonyl (C=O) groups is 1. The fourth-order valence-corrected chi connectivity index (χ4v) is 3.01. The fraction of sp³-hybridized carbons (Fsp3) is 0.250. The van der Waals surface area contributed by atoms with Crippen LogP contribution in [0.1, 0.15) is 37.6 Å². The van der Waals surface area contributed by atoms with Crippen LogP contribution in [0.5, 0.6) is 0 Å². The van der Waals surface area contributed by atoms with E-state index in [0.717, 1.165) is 14.8 Å². The summed E-state index contributed by atoms with van der Waals surface area (Å²) < 4.78 is 6.28. The molecule has 0 bridgehead atoms.